The van der Waals surface area contributed by atoms with Crippen LogP contribution in [0.4, 0.5) is 0 Å². The number of benzene rings is 2. The zero-order valence-corrected chi connectivity index (χ0v) is 16.5. The lowest BCUT2D eigenvalue weighted by Gasteiger charge is -2.13. The predicted octanol–water partition coefficient (Wildman–Crippen LogP) is 3.53. The first-order valence-electron chi connectivity index (χ1n) is 9.09. The van der Waals surface area contributed by atoms with Gasteiger partial charge in [0.2, 0.25) is 10.0 Å². The van der Waals surface area contributed by atoms with E-state index in [0.717, 1.165) is 31.2 Å². The van der Waals surface area contributed by atoms with Gasteiger partial charge < -0.3 is 5.32 Å². The number of sulfonamides is 1. The molecule has 0 aliphatic heterocycles. The Balaban J connectivity index is 1.52. The fraction of sp³-hybridized carbons (Fsp3) is 0.350. The van der Waals surface area contributed by atoms with Gasteiger partial charge in [-0.25, -0.2) is 13.1 Å². The average Bonchev–Trinajstić information content (AvgIpc) is 3.14. The van der Waals surface area contributed by atoms with Gasteiger partial charge in [-0.1, -0.05) is 42.6 Å². The number of amides is 1. The van der Waals surface area contributed by atoms with Gasteiger partial charge in [-0.2, -0.15) is 0 Å². The van der Waals surface area contributed by atoms with E-state index in [1.807, 2.05) is 0 Å². The monoisotopic (exact) mass is 406 g/mol. The van der Waals surface area contributed by atoms with E-state index < -0.39 is 10.0 Å². The Kier molecular flexibility index (Phi) is 6.52. The van der Waals surface area contributed by atoms with Crippen molar-refractivity contribution >= 4 is 27.5 Å². The van der Waals surface area contributed by atoms with Gasteiger partial charge in [0, 0.05) is 23.2 Å². The van der Waals surface area contributed by atoms with Crippen molar-refractivity contribution in [3.63, 3.8) is 0 Å². The quantitative estimate of drug-likeness (QED) is 0.738. The van der Waals surface area contributed by atoms with Crippen LogP contribution in [0.15, 0.2) is 53.4 Å². The fourth-order valence-corrected chi connectivity index (χ4v) is 4.71. The second-order valence-electron chi connectivity index (χ2n) is 6.76. The smallest absolute Gasteiger partial charge is 0.251 e. The maximum atomic E-state index is 12.4. The Morgan fingerprint density at radius 3 is 2.44 bits per heavy atom. The Bertz CT molecular complexity index is 892. The lowest BCUT2D eigenvalue weighted by atomic mass is 10.1. The molecular weight excluding hydrogens is 384 g/mol. The summed E-state index contributed by atoms with van der Waals surface area (Å²) in [6, 6.07) is 13.6. The van der Waals surface area contributed by atoms with E-state index in [1.54, 1.807) is 48.5 Å². The number of carbonyl (C=O) groups excluding carboxylic acids is 1. The van der Waals surface area contributed by atoms with Crippen LogP contribution < -0.4 is 10.0 Å². The molecule has 0 radical (unpaired) electrons. The highest BCUT2D eigenvalue weighted by atomic mass is 35.5. The van der Waals surface area contributed by atoms with Crippen molar-refractivity contribution in [2.75, 3.05) is 6.54 Å². The van der Waals surface area contributed by atoms with E-state index in [4.69, 9.17) is 11.6 Å². The maximum absolute atomic E-state index is 12.4. The first kappa shape index (κ1) is 19.9. The van der Waals surface area contributed by atoms with Crippen molar-refractivity contribution in [1.29, 1.82) is 0 Å². The second kappa shape index (κ2) is 8.87. The Labute approximate surface area is 165 Å². The summed E-state index contributed by atoms with van der Waals surface area (Å²) in [5.74, 6) is -0.183. The third kappa shape index (κ3) is 5.54. The summed E-state index contributed by atoms with van der Waals surface area (Å²) in [4.78, 5) is 12.4. The summed E-state index contributed by atoms with van der Waals surface area (Å²) in [6.07, 6.45) is 4.58. The summed E-state index contributed by atoms with van der Waals surface area (Å²) in [7, 11) is -3.47. The lowest BCUT2D eigenvalue weighted by molar-refractivity contribution is 0.0954. The van der Waals surface area contributed by atoms with Crippen LogP contribution in [-0.2, 0) is 16.4 Å². The number of rotatable bonds is 7. The van der Waals surface area contributed by atoms with Crippen LogP contribution in [-0.4, -0.2) is 26.9 Å². The fourth-order valence-electron chi connectivity index (χ4n) is 3.22. The van der Waals surface area contributed by atoms with Gasteiger partial charge in [-0.3, -0.25) is 4.79 Å². The SMILES string of the molecule is O=C(NCCc1ccc(S(=O)(=O)NC2CCCC2)cc1)c1cccc(Cl)c1. The second-order valence-corrected chi connectivity index (χ2v) is 8.91. The molecule has 1 amide bonds. The van der Waals surface area contributed by atoms with E-state index >= 15 is 0 Å². The molecule has 144 valence electrons. The minimum Gasteiger partial charge on any atom is -0.352 e. The number of halogens is 1. The normalized spacial score (nSPS) is 15.0. The van der Waals surface area contributed by atoms with Crippen molar-refractivity contribution in [2.45, 2.75) is 43.0 Å². The van der Waals surface area contributed by atoms with Gasteiger partial charge in [0.25, 0.3) is 5.91 Å². The first-order valence-corrected chi connectivity index (χ1v) is 11.0. The molecule has 1 saturated carbocycles. The van der Waals surface area contributed by atoms with Crippen LogP contribution in [0.25, 0.3) is 0 Å². The molecule has 0 unspecified atom stereocenters. The zero-order chi connectivity index (χ0) is 19.3. The molecule has 0 heterocycles. The van der Waals surface area contributed by atoms with Crippen molar-refractivity contribution < 1.29 is 13.2 Å². The number of hydrogen-bond acceptors (Lipinski definition) is 3. The minimum atomic E-state index is -3.47. The van der Waals surface area contributed by atoms with Gasteiger partial charge in [-0.15, -0.1) is 0 Å². The number of carbonyl (C=O) groups is 1. The van der Waals surface area contributed by atoms with Gasteiger partial charge >= 0.3 is 0 Å². The van der Waals surface area contributed by atoms with Crippen LogP contribution in [0.1, 0.15) is 41.6 Å². The maximum Gasteiger partial charge on any atom is 0.251 e. The highest BCUT2D eigenvalue weighted by molar-refractivity contribution is 7.89. The molecule has 5 nitrogen and oxygen atoms in total. The van der Waals surface area contributed by atoms with E-state index in [1.165, 1.54) is 0 Å². The summed E-state index contributed by atoms with van der Waals surface area (Å²) in [6.45, 7) is 0.456. The lowest BCUT2D eigenvalue weighted by Crippen LogP contribution is -2.32. The standard InChI is InChI=1S/C20H23ClN2O3S/c21-17-5-3-4-16(14-17)20(24)22-13-12-15-8-10-19(11-9-15)27(25,26)23-18-6-1-2-7-18/h3-5,8-11,14,18,23H,1-2,6-7,12-13H2,(H,22,24). The molecule has 0 spiro atoms. The highest BCUT2D eigenvalue weighted by Gasteiger charge is 2.22. The van der Waals surface area contributed by atoms with Crippen LogP contribution in [0.3, 0.4) is 0 Å². The van der Waals surface area contributed by atoms with E-state index in [9.17, 15) is 13.2 Å². The molecule has 0 atom stereocenters. The molecule has 7 heteroatoms. The van der Waals surface area contributed by atoms with E-state index in [-0.39, 0.29) is 16.8 Å². The largest absolute Gasteiger partial charge is 0.352 e. The Morgan fingerprint density at radius 1 is 1.07 bits per heavy atom. The number of hydrogen-bond donors (Lipinski definition) is 2. The van der Waals surface area contributed by atoms with Gasteiger partial charge in [0.05, 0.1) is 4.90 Å². The summed E-state index contributed by atoms with van der Waals surface area (Å²) < 4.78 is 27.6. The Hall–Kier alpha value is -1.89. The third-order valence-electron chi connectivity index (χ3n) is 4.70. The zero-order valence-electron chi connectivity index (χ0n) is 14.9. The van der Waals surface area contributed by atoms with Gasteiger partial charge in [0.15, 0.2) is 0 Å². The van der Waals surface area contributed by atoms with E-state index in [2.05, 4.69) is 10.0 Å². The number of nitrogens with one attached hydrogen (secondary N) is 2. The average molecular weight is 407 g/mol. The molecular formula is C20H23ClN2O3S. The predicted molar refractivity (Wildman–Crippen MR) is 107 cm³/mol. The van der Waals surface area contributed by atoms with Crippen molar-refractivity contribution in [3.05, 3.63) is 64.7 Å². The van der Waals surface area contributed by atoms with Crippen molar-refractivity contribution in [2.24, 2.45) is 0 Å². The summed E-state index contributed by atoms with van der Waals surface area (Å²) in [5.41, 5.74) is 1.48. The molecule has 0 bridgehead atoms. The van der Waals surface area contributed by atoms with Crippen molar-refractivity contribution in [3.8, 4) is 0 Å². The molecule has 3 rings (SSSR count). The third-order valence-corrected chi connectivity index (χ3v) is 6.47. The van der Waals surface area contributed by atoms with Gasteiger partial charge in [0.1, 0.15) is 0 Å². The van der Waals surface area contributed by atoms with Gasteiger partial charge in [-0.05, 0) is 55.2 Å². The van der Waals surface area contributed by atoms with Crippen LogP contribution in [0, 0.1) is 0 Å². The molecule has 1 aliphatic rings. The first-order chi connectivity index (χ1) is 12.9. The topological polar surface area (TPSA) is 75.3 Å². The molecule has 2 aromatic carbocycles. The van der Waals surface area contributed by atoms with Crippen molar-refractivity contribution in [1.82, 2.24) is 10.0 Å². The molecule has 0 saturated heterocycles. The summed E-state index contributed by atoms with van der Waals surface area (Å²) >= 11 is 5.89. The molecule has 27 heavy (non-hydrogen) atoms. The van der Waals surface area contributed by atoms with Crippen LogP contribution in [0.5, 0.6) is 0 Å². The molecule has 2 N–H and O–H groups in total. The van der Waals surface area contributed by atoms with Crippen LogP contribution in [0.2, 0.25) is 5.02 Å². The summed E-state index contributed by atoms with van der Waals surface area (Å²) in [5, 5.41) is 3.36. The Morgan fingerprint density at radius 2 is 1.78 bits per heavy atom. The van der Waals surface area contributed by atoms with Crippen LogP contribution >= 0.6 is 11.6 Å². The molecule has 1 aliphatic carbocycles. The van der Waals surface area contributed by atoms with E-state index in [0.29, 0.717) is 23.6 Å². The highest BCUT2D eigenvalue weighted by Crippen LogP contribution is 2.20. The molecule has 2 aromatic rings. The molecule has 1 fully saturated rings. The minimum absolute atomic E-state index is 0.0522. The molecule has 0 aromatic heterocycles.